The van der Waals surface area contributed by atoms with E-state index in [1.165, 1.54) is 0 Å². The molecular weight excluding hydrogens is 344 g/mol. The SMILES string of the molecule is CCCOC(=O)NCCOC(=O)N(O)c1ccc(Br)cc1. The van der Waals surface area contributed by atoms with Crippen molar-refractivity contribution in [2.75, 3.05) is 24.8 Å². The normalized spacial score (nSPS) is 9.86. The smallest absolute Gasteiger partial charge is 0.438 e. The molecule has 0 atom stereocenters. The van der Waals surface area contributed by atoms with Crippen LogP contribution in [0.15, 0.2) is 28.7 Å². The van der Waals surface area contributed by atoms with E-state index in [0.717, 1.165) is 10.9 Å². The molecule has 1 rings (SSSR count). The van der Waals surface area contributed by atoms with Crippen LogP contribution in [0, 0.1) is 0 Å². The molecule has 0 aromatic heterocycles. The van der Waals surface area contributed by atoms with E-state index in [4.69, 9.17) is 9.47 Å². The Morgan fingerprint density at radius 3 is 2.52 bits per heavy atom. The molecule has 0 bridgehead atoms. The van der Waals surface area contributed by atoms with Crippen LogP contribution in [0.1, 0.15) is 13.3 Å². The third kappa shape index (κ3) is 6.46. The molecule has 0 unspecified atom stereocenters. The molecule has 116 valence electrons. The minimum atomic E-state index is -0.930. The summed E-state index contributed by atoms with van der Waals surface area (Å²) in [5.41, 5.74) is 0.276. The highest BCUT2D eigenvalue weighted by atomic mass is 79.9. The second kappa shape index (κ2) is 9.19. The van der Waals surface area contributed by atoms with Gasteiger partial charge in [0.2, 0.25) is 0 Å². The van der Waals surface area contributed by atoms with Crippen LogP contribution in [0.3, 0.4) is 0 Å². The molecule has 1 aromatic carbocycles. The molecule has 0 fully saturated rings. The van der Waals surface area contributed by atoms with Crippen LogP contribution in [0.5, 0.6) is 0 Å². The molecule has 1 aromatic rings. The maximum absolute atomic E-state index is 11.5. The van der Waals surface area contributed by atoms with Gasteiger partial charge in [0, 0.05) is 4.47 Å². The fourth-order valence-corrected chi connectivity index (χ4v) is 1.55. The van der Waals surface area contributed by atoms with Crippen molar-refractivity contribution in [1.82, 2.24) is 5.32 Å². The summed E-state index contributed by atoms with van der Waals surface area (Å²) in [7, 11) is 0. The largest absolute Gasteiger partial charge is 0.450 e. The van der Waals surface area contributed by atoms with E-state index < -0.39 is 12.2 Å². The van der Waals surface area contributed by atoms with Gasteiger partial charge in [0.1, 0.15) is 6.61 Å². The molecule has 0 aliphatic carbocycles. The molecule has 0 saturated heterocycles. The summed E-state index contributed by atoms with van der Waals surface area (Å²) >= 11 is 3.25. The first-order chi connectivity index (χ1) is 10.0. The maximum Gasteiger partial charge on any atom is 0.438 e. The quantitative estimate of drug-likeness (QED) is 0.462. The molecule has 8 heteroatoms. The van der Waals surface area contributed by atoms with Crippen LogP contribution >= 0.6 is 15.9 Å². The van der Waals surface area contributed by atoms with Crippen LogP contribution in [0.4, 0.5) is 15.3 Å². The lowest BCUT2D eigenvalue weighted by molar-refractivity contribution is 0.116. The summed E-state index contributed by atoms with van der Waals surface area (Å²) in [5.74, 6) is 0. The molecule has 2 amide bonds. The molecule has 0 saturated carbocycles. The summed E-state index contributed by atoms with van der Waals surface area (Å²) in [6.45, 7) is 2.24. The molecule has 7 nitrogen and oxygen atoms in total. The lowest BCUT2D eigenvalue weighted by Gasteiger charge is -2.15. The summed E-state index contributed by atoms with van der Waals surface area (Å²) < 4.78 is 10.4. The molecular formula is C13H17BrN2O5. The van der Waals surface area contributed by atoms with Crippen LogP contribution < -0.4 is 10.4 Å². The fraction of sp³-hybridized carbons (Fsp3) is 0.385. The number of benzene rings is 1. The first-order valence-corrected chi connectivity index (χ1v) is 7.16. The third-order valence-corrected chi connectivity index (χ3v) is 2.81. The fourth-order valence-electron chi connectivity index (χ4n) is 1.29. The number of nitrogens with zero attached hydrogens (tertiary/aromatic N) is 1. The van der Waals surface area contributed by atoms with E-state index in [0.29, 0.717) is 11.7 Å². The van der Waals surface area contributed by atoms with Gasteiger partial charge in [0.05, 0.1) is 18.8 Å². The number of carbonyl (C=O) groups is 2. The van der Waals surface area contributed by atoms with Crippen molar-refractivity contribution >= 4 is 33.8 Å². The van der Waals surface area contributed by atoms with Crippen LogP contribution in [0.2, 0.25) is 0 Å². The van der Waals surface area contributed by atoms with E-state index in [1.807, 2.05) is 6.92 Å². The number of carbonyl (C=O) groups excluding carboxylic acids is 2. The Morgan fingerprint density at radius 1 is 1.24 bits per heavy atom. The van der Waals surface area contributed by atoms with E-state index >= 15 is 0 Å². The molecule has 0 radical (unpaired) electrons. The first kappa shape index (κ1) is 17.3. The van der Waals surface area contributed by atoms with Gasteiger partial charge >= 0.3 is 12.2 Å². The number of anilines is 1. The minimum Gasteiger partial charge on any atom is -0.450 e. The average molecular weight is 361 g/mol. The van der Waals surface area contributed by atoms with Crippen LogP contribution in [0.25, 0.3) is 0 Å². The number of amides is 2. The molecule has 0 aliphatic rings. The zero-order valence-electron chi connectivity index (χ0n) is 11.5. The van der Waals surface area contributed by atoms with Crippen LogP contribution in [-0.2, 0) is 9.47 Å². The van der Waals surface area contributed by atoms with Crippen molar-refractivity contribution in [3.8, 4) is 0 Å². The van der Waals surface area contributed by atoms with Crippen molar-refractivity contribution in [2.45, 2.75) is 13.3 Å². The highest BCUT2D eigenvalue weighted by Crippen LogP contribution is 2.17. The van der Waals surface area contributed by atoms with Gasteiger partial charge in [-0.25, -0.2) is 9.59 Å². The monoisotopic (exact) mass is 360 g/mol. The zero-order chi connectivity index (χ0) is 15.7. The summed E-state index contributed by atoms with van der Waals surface area (Å²) in [6.07, 6.45) is -0.766. The number of hydrogen-bond acceptors (Lipinski definition) is 5. The Bertz CT molecular complexity index is 466. The van der Waals surface area contributed by atoms with Gasteiger partial charge < -0.3 is 14.8 Å². The lowest BCUT2D eigenvalue weighted by atomic mass is 10.3. The Balaban J connectivity index is 2.27. The van der Waals surface area contributed by atoms with Gasteiger partial charge in [-0.2, -0.15) is 5.06 Å². The highest BCUT2D eigenvalue weighted by Gasteiger charge is 2.14. The second-order valence-corrected chi connectivity index (χ2v) is 4.88. The molecule has 2 N–H and O–H groups in total. The van der Waals surface area contributed by atoms with E-state index in [9.17, 15) is 14.8 Å². The van der Waals surface area contributed by atoms with Crippen molar-refractivity contribution in [3.05, 3.63) is 28.7 Å². The number of halogens is 1. The Hall–Kier alpha value is -1.80. The number of alkyl carbamates (subject to hydrolysis) is 1. The maximum atomic E-state index is 11.5. The number of rotatable bonds is 6. The first-order valence-electron chi connectivity index (χ1n) is 6.36. The van der Waals surface area contributed by atoms with Gasteiger partial charge in [-0.1, -0.05) is 22.9 Å². The molecule has 0 aliphatic heterocycles. The van der Waals surface area contributed by atoms with E-state index in [2.05, 4.69) is 21.2 Å². The van der Waals surface area contributed by atoms with Crippen LogP contribution in [-0.4, -0.2) is 37.2 Å². The standard InChI is InChI=1S/C13H17BrN2O5/c1-2-8-20-12(17)15-7-9-21-13(18)16(19)11-5-3-10(14)4-6-11/h3-6,19H,2,7-9H2,1H3,(H,15,17). The second-order valence-electron chi connectivity index (χ2n) is 3.97. The predicted octanol–water partition coefficient (Wildman–Crippen LogP) is 2.92. The minimum absolute atomic E-state index is 0.0757. The predicted molar refractivity (Wildman–Crippen MR) is 79.4 cm³/mol. The molecule has 21 heavy (non-hydrogen) atoms. The van der Waals surface area contributed by atoms with Gasteiger partial charge in [-0.15, -0.1) is 0 Å². The summed E-state index contributed by atoms with van der Waals surface area (Å²) in [4.78, 5) is 22.6. The summed E-state index contributed by atoms with van der Waals surface area (Å²) in [6, 6.07) is 6.45. The third-order valence-electron chi connectivity index (χ3n) is 2.28. The molecule has 0 heterocycles. The summed E-state index contributed by atoms with van der Waals surface area (Å²) in [5, 5.41) is 12.4. The Labute approximate surface area is 130 Å². The average Bonchev–Trinajstić information content (AvgIpc) is 2.49. The van der Waals surface area contributed by atoms with E-state index in [-0.39, 0.29) is 18.8 Å². The molecule has 0 spiro atoms. The number of hydroxylamine groups is 1. The van der Waals surface area contributed by atoms with Crippen molar-refractivity contribution in [3.63, 3.8) is 0 Å². The topological polar surface area (TPSA) is 88.1 Å². The van der Waals surface area contributed by atoms with Gasteiger partial charge in [-0.3, -0.25) is 5.21 Å². The van der Waals surface area contributed by atoms with Crippen molar-refractivity contribution in [2.24, 2.45) is 0 Å². The number of ether oxygens (including phenoxy) is 2. The van der Waals surface area contributed by atoms with Gasteiger partial charge in [0.15, 0.2) is 0 Å². The van der Waals surface area contributed by atoms with Crippen molar-refractivity contribution in [1.29, 1.82) is 0 Å². The van der Waals surface area contributed by atoms with E-state index in [1.54, 1.807) is 24.3 Å². The Kier molecular flexibility index (Phi) is 7.55. The highest BCUT2D eigenvalue weighted by molar-refractivity contribution is 9.10. The van der Waals surface area contributed by atoms with Crippen molar-refractivity contribution < 1.29 is 24.3 Å². The number of hydrogen-bond donors (Lipinski definition) is 2. The Morgan fingerprint density at radius 2 is 1.90 bits per heavy atom. The lowest BCUT2D eigenvalue weighted by Crippen LogP contribution is -2.32. The zero-order valence-corrected chi connectivity index (χ0v) is 13.1. The van der Waals surface area contributed by atoms with Gasteiger partial charge in [0.25, 0.3) is 0 Å². The van der Waals surface area contributed by atoms with Gasteiger partial charge in [-0.05, 0) is 30.7 Å². The number of nitrogens with one attached hydrogen (secondary N) is 1.